The minimum absolute atomic E-state index is 0. The van der Waals surface area contributed by atoms with Crippen molar-refractivity contribution in [2.24, 2.45) is 0 Å². The first-order valence-electron chi connectivity index (χ1n) is 7.05. The van der Waals surface area contributed by atoms with Gasteiger partial charge in [0.15, 0.2) is 0 Å². The van der Waals surface area contributed by atoms with Crippen LogP contribution in [0.4, 0.5) is 0 Å². The molecule has 0 saturated heterocycles. The van der Waals surface area contributed by atoms with Gasteiger partial charge < -0.3 is 6.16 Å². The van der Waals surface area contributed by atoms with E-state index >= 15 is 0 Å². The van der Waals surface area contributed by atoms with Gasteiger partial charge in [0, 0.05) is 10.8 Å². The first-order valence-corrected chi connectivity index (χ1v) is 7.05. The first-order chi connectivity index (χ1) is 10.4. The Hall–Kier alpha value is -1.80. The minimum Gasteiger partial charge on any atom is -1.00 e. The zero-order chi connectivity index (χ0) is 14.1. The average Bonchev–Trinajstić information content (AvgIpc) is 2.56. The molecule has 2 heteroatoms. The van der Waals surface area contributed by atoms with Gasteiger partial charge in [-0.25, -0.2) is 0 Å². The number of fused-ring (bicyclic) bond motifs is 2. The molecule has 0 fully saturated rings. The molecular formula is C20H15NaO. The molecular weight excluding hydrogens is 279 g/mol. The van der Waals surface area contributed by atoms with Crippen LogP contribution in [-0.2, 0) is 0 Å². The van der Waals surface area contributed by atoms with Crippen LogP contribution in [0.15, 0.2) is 84.9 Å². The second kappa shape index (κ2) is 6.53. The molecule has 4 aromatic rings. The first kappa shape index (κ1) is 15.1. The summed E-state index contributed by atoms with van der Waals surface area (Å²) < 4.78 is 6.20. The topological polar surface area (TPSA) is 9.23 Å². The predicted octanol–water partition coefficient (Wildman–Crippen LogP) is 2.90. The van der Waals surface area contributed by atoms with Gasteiger partial charge in [0.25, 0.3) is 0 Å². The van der Waals surface area contributed by atoms with Crippen molar-refractivity contribution in [3.8, 4) is 11.5 Å². The van der Waals surface area contributed by atoms with Crippen LogP contribution in [0.25, 0.3) is 21.5 Å². The molecule has 0 bridgehead atoms. The van der Waals surface area contributed by atoms with E-state index in [9.17, 15) is 0 Å². The SMILES string of the molecule is [H-].[Na+].c1ccc2c(Oc3cccc4ccccc34)cccc2c1. The van der Waals surface area contributed by atoms with E-state index in [4.69, 9.17) is 4.74 Å². The maximum atomic E-state index is 6.20. The largest absolute Gasteiger partial charge is 1.00 e. The van der Waals surface area contributed by atoms with Crippen LogP contribution < -0.4 is 34.3 Å². The summed E-state index contributed by atoms with van der Waals surface area (Å²) in [5, 5.41) is 4.64. The third kappa shape index (κ3) is 2.76. The van der Waals surface area contributed by atoms with E-state index < -0.39 is 0 Å². The zero-order valence-corrected chi connectivity index (χ0v) is 14.5. The van der Waals surface area contributed by atoms with Crippen molar-refractivity contribution in [3.63, 3.8) is 0 Å². The zero-order valence-electron chi connectivity index (χ0n) is 13.5. The third-order valence-corrected chi connectivity index (χ3v) is 3.72. The maximum absolute atomic E-state index is 6.20. The summed E-state index contributed by atoms with van der Waals surface area (Å²) >= 11 is 0. The van der Waals surface area contributed by atoms with Crippen molar-refractivity contribution in [2.45, 2.75) is 0 Å². The number of ether oxygens (including phenoxy) is 1. The third-order valence-electron chi connectivity index (χ3n) is 3.72. The van der Waals surface area contributed by atoms with E-state index in [1.54, 1.807) is 0 Å². The van der Waals surface area contributed by atoms with Crippen molar-refractivity contribution in [3.05, 3.63) is 84.9 Å². The van der Waals surface area contributed by atoms with Crippen molar-refractivity contribution in [2.75, 3.05) is 0 Å². The summed E-state index contributed by atoms with van der Waals surface area (Å²) in [6, 6.07) is 28.9. The van der Waals surface area contributed by atoms with Gasteiger partial charge in [-0.05, 0) is 22.9 Å². The molecule has 0 radical (unpaired) electrons. The number of benzene rings is 4. The number of hydrogen-bond acceptors (Lipinski definition) is 1. The Labute approximate surface area is 153 Å². The molecule has 0 atom stereocenters. The molecule has 0 saturated carbocycles. The fourth-order valence-electron chi connectivity index (χ4n) is 2.69. The Kier molecular flexibility index (Phi) is 4.49. The second-order valence-corrected chi connectivity index (χ2v) is 5.06. The fraction of sp³-hybridized carbons (Fsp3) is 0. The van der Waals surface area contributed by atoms with Gasteiger partial charge in [0.05, 0.1) is 0 Å². The number of rotatable bonds is 2. The van der Waals surface area contributed by atoms with Gasteiger partial charge in [-0.15, -0.1) is 0 Å². The van der Waals surface area contributed by atoms with E-state index in [1.807, 2.05) is 48.5 Å². The molecule has 22 heavy (non-hydrogen) atoms. The average molecular weight is 294 g/mol. The normalized spacial score (nSPS) is 10.4. The smallest absolute Gasteiger partial charge is 1.00 e. The number of hydrogen-bond donors (Lipinski definition) is 0. The maximum Gasteiger partial charge on any atom is 1.00 e. The molecule has 0 aliphatic rings. The molecule has 1 nitrogen and oxygen atoms in total. The predicted molar refractivity (Wildman–Crippen MR) is 89.1 cm³/mol. The van der Waals surface area contributed by atoms with Crippen molar-refractivity contribution < 1.29 is 35.7 Å². The molecule has 0 N–H and O–H groups in total. The van der Waals surface area contributed by atoms with Gasteiger partial charge in [-0.2, -0.15) is 0 Å². The van der Waals surface area contributed by atoms with Crippen LogP contribution >= 0.6 is 0 Å². The van der Waals surface area contributed by atoms with Crippen LogP contribution in [-0.4, -0.2) is 0 Å². The van der Waals surface area contributed by atoms with Crippen LogP contribution in [0, 0.1) is 0 Å². The van der Waals surface area contributed by atoms with Gasteiger partial charge in [-0.1, -0.05) is 72.8 Å². The van der Waals surface area contributed by atoms with Crippen molar-refractivity contribution in [1.82, 2.24) is 0 Å². The molecule has 0 aliphatic carbocycles. The molecule has 0 amide bonds. The van der Waals surface area contributed by atoms with Crippen molar-refractivity contribution in [1.29, 1.82) is 0 Å². The van der Waals surface area contributed by atoms with Crippen LogP contribution in [0.3, 0.4) is 0 Å². The standard InChI is InChI=1S/C20H14O.Na.H/c1-3-11-17-15(7-1)9-5-13-19(17)21-20-14-6-10-16-8-2-4-12-18(16)20;;/h1-14H;;/q;+1;-1. The summed E-state index contributed by atoms with van der Waals surface area (Å²) in [5.41, 5.74) is 0. The van der Waals surface area contributed by atoms with Gasteiger partial charge >= 0.3 is 29.6 Å². The summed E-state index contributed by atoms with van der Waals surface area (Å²) in [4.78, 5) is 0. The van der Waals surface area contributed by atoms with E-state index in [2.05, 4.69) is 36.4 Å². The Balaban J connectivity index is 0.000000960. The second-order valence-electron chi connectivity index (χ2n) is 5.06. The fourth-order valence-corrected chi connectivity index (χ4v) is 2.69. The van der Waals surface area contributed by atoms with Crippen molar-refractivity contribution >= 4 is 21.5 Å². The van der Waals surface area contributed by atoms with Gasteiger partial charge in [-0.3, -0.25) is 0 Å². The molecule has 4 rings (SSSR count). The molecule has 0 unspecified atom stereocenters. The quantitative estimate of drug-likeness (QED) is 0.517. The summed E-state index contributed by atoms with van der Waals surface area (Å²) in [6.07, 6.45) is 0. The van der Waals surface area contributed by atoms with E-state index in [0.717, 1.165) is 22.3 Å². The monoisotopic (exact) mass is 294 g/mol. The molecule has 4 aromatic carbocycles. The summed E-state index contributed by atoms with van der Waals surface area (Å²) in [7, 11) is 0. The van der Waals surface area contributed by atoms with Gasteiger partial charge in [0.1, 0.15) is 11.5 Å². The van der Waals surface area contributed by atoms with E-state index in [0.29, 0.717) is 0 Å². The molecule has 0 heterocycles. The molecule has 0 aliphatic heterocycles. The molecule has 0 aromatic heterocycles. The van der Waals surface area contributed by atoms with Crippen LogP contribution in [0.1, 0.15) is 1.43 Å². The van der Waals surface area contributed by atoms with E-state index in [1.165, 1.54) is 10.8 Å². The Morgan fingerprint density at radius 3 is 1.41 bits per heavy atom. The molecule has 102 valence electrons. The van der Waals surface area contributed by atoms with Crippen LogP contribution in [0.5, 0.6) is 11.5 Å². The summed E-state index contributed by atoms with van der Waals surface area (Å²) in [5.74, 6) is 1.79. The summed E-state index contributed by atoms with van der Waals surface area (Å²) in [6.45, 7) is 0. The Morgan fingerprint density at radius 2 is 0.909 bits per heavy atom. The minimum atomic E-state index is 0. The Morgan fingerprint density at radius 1 is 0.500 bits per heavy atom. The molecule has 0 spiro atoms. The van der Waals surface area contributed by atoms with Crippen LogP contribution in [0.2, 0.25) is 0 Å². The Bertz CT molecular complexity index is 849. The van der Waals surface area contributed by atoms with E-state index in [-0.39, 0.29) is 31.0 Å². The van der Waals surface area contributed by atoms with Gasteiger partial charge in [0.2, 0.25) is 0 Å².